The third-order valence-electron chi connectivity index (χ3n) is 5.32. The maximum atomic E-state index is 14.1. The molecule has 0 atom stereocenters. The van der Waals surface area contributed by atoms with E-state index in [1.807, 2.05) is 60.7 Å². The summed E-state index contributed by atoms with van der Waals surface area (Å²) in [5.41, 5.74) is 4.09. The number of nitrogens with zero attached hydrogens (tertiary/aromatic N) is 3. The molecule has 3 aromatic carbocycles. The third kappa shape index (κ3) is 5.02. The van der Waals surface area contributed by atoms with Gasteiger partial charge in [0.15, 0.2) is 5.65 Å². The van der Waals surface area contributed by atoms with E-state index >= 15 is 0 Å². The van der Waals surface area contributed by atoms with E-state index < -0.39 is 0 Å². The Morgan fingerprint density at radius 1 is 0.853 bits per heavy atom. The molecule has 0 amide bonds. The van der Waals surface area contributed by atoms with Crippen LogP contribution in [0.2, 0.25) is 5.02 Å². The lowest BCUT2D eigenvalue weighted by molar-refractivity contribution is 0.303. The molecule has 0 unspecified atom stereocenters. The summed E-state index contributed by atoms with van der Waals surface area (Å²) in [6, 6.07) is 25.5. The van der Waals surface area contributed by atoms with E-state index in [9.17, 15) is 4.39 Å². The number of aromatic nitrogens is 3. The Morgan fingerprint density at radius 2 is 1.71 bits per heavy atom. The van der Waals surface area contributed by atoms with Gasteiger partial charge in [-0.2, -0.15) is 0 Å². The van der Waals surface area contributed by atoms with Crippen LogP contribution in [0.15, 0.2) is 91.1 Å². The minimum absolute atomic E-state index is 0.319. The monoisotopic (exact) mass is 473 g/mol. The SMILES string of the molecule is Fc1ccc(-c2cnc3ccc(OCCc4cccc(Cl)c4)nn23)c(OCc2ccccc2)c1. The van der Waals surface area contributed by atoms with Gasteiger partial charge < -0.3 is 9.47 Å². The number of fused-ring (bicyclic) bond motifs is 1. The Kier molecular flexibility index (Phi) is 6.40. The molecule has 0 saturated heterocycles. The van der Waals surface area contributed by atoms with Crippen molar-refractivity contribution in [1.29, 1.82) is 0 Å². The van der Waals surface area contributed by atoms with Crippen molar-refractivity contribution in [3.8, 4) is 22.9 Å². The highest BCUT2D eigenvalue weighted by Gasteiger charge is 2.15. The molecule has 2 aromatic heterocycles. The zero-order chi connectivity index (χ0) is 23.3. The minimum Gasteiger partial charge on any atom is -0.488 e. The Hall–Kier alpha value is -3.90. The first kappa shape index (κ1) is 21.9. The van der Waals surface area contributed by atoms with Crippen molar-refractivity contribution in [2.45, 2.75) is 13.0 Å². The standard InChI is InChI=1S/C27H21ClFN3O2/c28-21-8-4-7-19(15-21)13-14-33-27-12-11-26-30-17-24(32(26)31-27)23-10-9-22(29)16-25(23)34-18-20-5-2-1-3-6-20/h1-12,15-17H,13-14,18H2. The summed E-state index contributed by atoms with van der Waals surface area (Å²) < 4.78 is 27.6. The molecule has 5 nitrogen and oxygen atoms in total. The summed E-state index contributed by atoms with van der Waals surface area (Å²) in [6.07, 6.45) is 2.40. The Labute approximate surface area is 201 Å². The molecule has 0 spiro atoms. The molecule has 0 aliphatic carbocycles. The molecule has 0 saturated carbocycles. The van der Waals surface area contributed by atoms with Crippen molar-refractivity contribution < 1.29 is 13.9 Å². The second-order valence-electron chi connectivity index (χ2n) is 7.73. The molecule has 0 fully saturated rings. The van der Waals surface area contributed by atoms with E-state index in [1.54, 1.807) is 22.8 Å². The van der Waals surface area contributed by atoms with Crippen LogP contribution in [0.4, 0.5) is 4.39 Å². The lowest BCUT2D eigenvalue weighted by atomic mass is 10.1. The summed E-state index contributed by atoms with van der Waals surface area (Å²) in [7, 11) is 0. The highest BCUT2D eigenvalue weighted by molar-refractivity contribution is 6.30. The smallest absolute Gasteiger partial charge is 0.231 e. The van der Waals surface area contributed by atoms with E-state index in [2.05, 4.69) is 10.1 Å². The number of rotatable bonds is 8. The highest BCUT2D eigenvalue weighted by Crippen LogP contribution is 2.32. The molecule has 0 aliphatic heterocycles. The van der Waals surface area contributed by atoms with E-state index in [0.717, 1.165) is 11.1 Å². The molecule has 0 radical (unpaired) electrons. The van der Waals surface area contributed by atoms with Crippen molar-refractivity contribution in [1.82, 2.24) is 14.6 Å². The third-order valence-corrected chi connectivity index (χ3v) is 5.56. The van der Waals surface area contributed by atoms with Crippen molar-refractivity contribution in [3.63, 3.8) is 0 Å². The van der Waals surface area contributed by atoms with Gasteiger partial charge in [-0.25, -0.2) is 13.9 Å². The van der Waals surface area contributed by atoms with Gasteiger partial charge in [0.05, 0.1) is 18.5 Å². The van der Waals surface area contributed by atoms with Gasteiger partial charge in [0.25, 0.3) is 0 Å². The van der Waals surface area contributed by atoms with E-state index in [4.69, 9.17) is 21.1 Å². The number of hydrogen-bond acceptors (Lipinski definition) is 4. The number of benzene rings is 3. The summed E-state index contributed by atoms with van der Waals surface area (Å²) in [6.45, 7) is 0.768. The molecule has 5 rings (SSSR count). The lowest BCUT2D eigenvalue weighted by Gasteiger charge is -2.12. The second kappa shape index (κ2) is 9.93. The first-order chi connectivity index (χ1) is 16.7. The molecule has 7 heteroatoms. The fourth-order valence-corrected chi connectivity index (χ4v) is 3.86. The average Bonchev–Trinajstić information content (AvgIpc) is 3.27. The topological polar surface area (TPSA) is 48.7 Å². The van der Waals surface area contributed by atoms with Crippen molar-refractivity contribution in [3.05, 3.63) is 113 Å². The predicted molar refractivity (Wildman–Crippen MR) is 130 cm³/mol. The number of hydrogen-bond donors (Lipinski definition) is 0. The zero-order valence-corrected chi connectivity index (χ0v) is 19.0. The van der Waals surface area contributed by atoms with Gasteiger partial charge >= 0.3 is 0 Å². The minimum atomic E-state index is -0.376. The summed E-state index contributed by atoms with van der Waals surface area (Å²) in [5.74, 6) is 0.501. The van der Waals surface area contributed by atoms with Crippen molar-refractivity contribution >= 4 is 17.2 Å². The van der Waals surface area contributed by atoms with Gasteiger partial charge in [0.1, 0.15) is 18.2 Å². The fraction of sp³-hybridized carbons (Fsp3) is 0.111. The molecular formula is C27H21ClFN3O2. The molecule has 5 aromatic rings. The van der Waals surface area contributed by atoms with Crippen molar-refractivity contribution in [2.75, 3.05) is 6.61 Å². The quantitative estimate of drug-likeness (QED) is 0.262. The van der Waals surface area contributed by atoms with Gasteiger partial charge in [0, 0.05) is 29.1 Å². The van der Waals surface area contributed by atoms with Crippen LogP contribution in [0.5, 0.6) is 11.6 Å². The Balaban J connectivity index is 1.38. The van der Waals surface area contributed by atoms with Crippen LogP contribution in [-0.4, -0.2) is 21.2 Å². The van der Waals surface area contributed by atoms with Gasteiger partial charge in [-0.15, -0.1) is 5.10 Å². The largest absolute Gasteiger partial charge is 0.488 e. The number of imidazole rings is 1. The number of ether oxygens (including phenoxy) is 2. The van der Waals surface area contributed by atoms with Gasteiger partial charge in [-0.05, 0) is 41.5 Å². The maximum absolute atomic E-state index is 14.1. The Bertz CT molecular complexity index is 1420. The number of halogens is 2. The van der Waals surface area contributed by atoms with Crippen LogP contribution in [0.1, 0.15) is 11.1 Å². The van der Waals surface area contributed by atoms with Crippen LogP contribution >= 0.6 is 11.6 Å². The van der Waals surface area contributed by atoms with Crippen LogP contribution in [-0.2, 0) is 13.0 Å². The van der Waals surface area contributed by atoms with Crippen LogP contribution < -0.4 is 9.47 Å². The van der Waals surface area contributed by atoms with Gasteiger partial charge in [0.2, 0.25) is 5.88 Å². The lowest BCUT2D eigenvalue weighted by Crippen LogP contribution is -2.05. The van der Waals surface area contributed by atoms with Crippen LogP contribution in [0.3, 0.4) is 0 Å². The zero-order valence-electron chi connectivity index (χ0n) is 18.2. The molecule has 2 heterocycles. The van der Waals surface area contributed by atoms with Crippen LogP contribution in [0, 0.1) is 5.82 Å². The van der Waals surface area contributed by atoms with Gasteiger partial charge in [-0.3, -0.25) is 0 Å². The molecule has 34 heavy (non-hydrogen) atoms. The first-order valence-electron chi connectivity index (χ1n) is 10.8. The second-order valence-corrected chi connectivity index (χ2v) is 8.16. The van der Waals surface area contributed by atoms with E-state index in [0.29, 0.717) is 53.2 Å². The summed E-state index contributed by atoms with van der Waals surface area (Å²) in [4.78, 5) is 4.44. The molecule has 0 N–H and O–H groups in total. The Morgan fingerprint density at radius 3 is 2.56 bits per heavy atom. The predicted octanol–water partition coefficient (Wildman–Crippen LogP) is 6.39. The van der Waals surface area contributed by atoms with Gasteiger partial charge in [-0.1, -0.05) is 54.1 Å². The van der Waals surface area contributed by atoms with E-state index in [1.165, 1.54) is 12.1 Å². The molecule has 170 valence electrons. The van der Waals surface area contributed by atoms with Crippen molar-refractivity contribution in [2.24, 2.45) is 0 Å². The molecule has 0 aliphatic rings. The summed E-state index contributed by atoms with van der Waals surface area (Å²) >= 11 is 6.05. The summed E-state index contributed by atoms with van der Waals surface area (Å²) in [5, 5.41) is 5.30. The fourth-order valence-electron chi connectivity index (χ4n) is 3.65. The maximum Gasteiger partial charge on any atom is 0.231 e. The average molecular weight is 474 g/mol. The highest BCUT2D eigenvalue weighted by atomic mass is 35.5. The molecule has 0 bridgehead atoms. The van der Waals surface area contributed by atoms with Crippen LogP contribution in [0.25, 0.3) is 16.9 Å². The normalized spacial score (nSPS) is 11.0. The van der Waals surface area contributed by atoms with E-state index in [-0.39, 0.29) is 5.82 Å². The molecular weight excluding hydrogens is 453 g/mol. The first-order valence-corrected chi connectivity index (χ1v) is 11.2.